The molecule has 0 saturated carbocycles. The summed E-state index contributed by atoms with van der Waals surface area (Å²) < 4.78 is 2.90. The number of pyridine rings is 1. The van der Waals surface area contributed by atoms with Gasteiger partial charge in [0.05, 0.1) is 10.9 Å². The Balaban J connectivity index is 2.71. The Morgan fingerprint density at radius 1 is 1.57 bits per heavy atom. The van der Waals surface area contributed by atoms with E-state index < -0.39 is 0 Å². The maximum absolute atomic E-state index is 6.01. The molecule has 0 atom stereocenters. The minimum atomic E-state index is 0.536. The molecule has 0 unspecified atom stereocenters. The lowest BCUT2D eigenvalue weighted by Crippen LogP contribution is -1.98. The minimum Gasteiger partial charge on any atom is -0.264 e. The highest BCUT2D eigenvalue weighted by molar-refractivity contribution is 14.1. The fourth-order valence-electron chi connectivity index (χ4n) is 1.42. The molecule has 0 spiro atoms. The van der Waals surface area contributed by atoms with E-state index in [4.69, 9.17) is 11.6 Å². The van der Waals surface area contributed by atoms with Gasteiger partial charge in [0, 0.05) is 12.7 Å². The number of fused-ring (bicyclic) bond motifs is 1. The summed E-state index contributed by atoms with van der Waals surface area (Å²) >= 11 is 8.19. The number of rotatable bonds is 2. The van der Waals surface area contributed by atoms with Gasteiger partial charge in [0.1, 0.15) is 8.85 Å². The van der Waals surface area contributed by atoms with Crippen molar-refractivity contribution in [3.63, 3.8) is 0 Å². The standard InChI is InChI=1S/C9H9ClIN3/c1-2-5-14-6-3-4-12-8(10)7(6)9(11)13-14/h3-4H,2,5H2,1H3. The summed E-state index contributed by atoms with van der Waals surface area (Å²) in [5, 5.41) is 5.92. The van der Waals surface area contributed by atoms with E-state index in [-0.39, 0.29) is 0 Å². The second kappa shape index (κ2) is 4.02. The second-order valence-corrected chi connectivity index (χ2v) is 4.39. The maximum Gasteiger partial charge on any atom is 0.141 e. The van der Waals surface area contributed by atoms with Crippen molar-refractivity contribution in [2.75, 3.05) is 0 Å². The quantitative estimate of drug-likeness (QED) is 0.628. The van der Waals surface area contributed by atoms with Crippen molar-refractivity contribution in [3.05, 3.63) is 21.1 Å². The van der Waals surface area contributed by atoms with Crippen LogP contribution in [-0.2, 0) is 6.54 Å². The van der Waals surface area contributed by atoms with E-state index >= 15 is 0 Å². The van der Waals surface area contributed by atoms with Crippen LogP contribution in [0.25, 0.3) is 10.9 Å². The van der Waals surface area contributed by atoms with Gasteiger partial charge in [0.15, 0.2) is 0 Å². The molecule has 0 fully saturated rings. The Bertz CT molecular complexity index is 466. The molecule has 0 N–H and O–H groups in total. The third-order valence-corrected chi connectivity index (χ3v) is 3.05. The summed E-state index contributed by atoms with van der Waals surface area (Å²) in [4.78, 5) is 4.05. The van der Waals surface area contributed by atoms with Crippen LogP contribution >= 0.6 is 34.2 Å². The lowest BCUT2D eigenvalue weighted by atomic mass is 10.3. The number of hydrogen-bond donors (Lipinski definition) is 0. The lowest BCUT2D eigenvalue weighted by Gasteiger charge is -1.99. The summed E-state index contributed by atoms with van der Waals surface area (Å²) in [5.74, 6) is 0. The molecule has 74 valence electrons. The molecule has 2 heterocycles. The summed E-state index contributed by atoms with van der Waals surface area (Å²) in [6, 6.07) is 1.95. The van der Waals surface area contributed by atoms with E-state index in [0.717, 1.165) is 27.6 Å². The van der Waals surface area contributed by atoms with Crippen LogP contribution in [0.1, 0.15) is 13.3 Å². The normalized spacial score (nSPS) is 11.1. The molecule has 0 bridgehead atoms. The van der Waals surface area contributed by atoms with Gasteiger partial charge in [0.2, 0.25) is 0 Å². The maximum atomic E-state index is 6.01. The van der Waals surface area contributed by atoms with Crippen LogP contribution in [0.4, 0.5) is 0 Å². The van der Waals surface area contributed by atoms with Crippen LogP contribution in [0.5, 0.6) is 0 Å². The molecular formula is C9H9ClIN3. The average molecular weight is 322 g/mol. The third kappa shape index (κ3) is 1.61. The predicted octanol–water partition coefficient (Wildman–Crippen LogP) is 3.10. The molecule has 0 saturated heterocycles. The van der Waals surface area contributed by atoms with Crippen molar-refractivity contribution < 1.29 is 0 Å². The second-order valence-electron chi connectivity index (χ2n) is 3.01. The summed E-state index contributed by atoms with van der Waals surface area (Å²) in [5.41, 5.74) is 1.07. The zero-order valence-electron chi connectivity index (χ0n) is 7.67. The van der Waals surface area contributed by atoms with Crippen molar-refractivity contribution in [3.8, 4) is 0 Å². The van der Waals surface area contributed by atoms with E-state index in [0.29, 0.717) is 5.15 Å². The fourth-order valence-corrected chi connectivity index (χ4v) is 2.62. The highest BCUT2D eigenvalue weighted by Crippen LogP contribution is 2.25. The van der Waals surface area contributed by atoms with E-state index in [1.165, 1.54) is 0 Å². The molecule has 0 aliphatic heterocycles. The van der Waals surface area contributed by atoms with Gasteiger partial charge in [-0.1, -0.05) is 18.5 Å². The molecule has 3 nitrogen and oxygen atoms in total. The number of nitrogens with zero attached hydrogens (tertiary/aromatic N) is 3. The number of halogens is 2. The first-order chi connectivity index (χ1) is 6.74. The molecule has 2 aromatic rings. The van der Waals surface area contributed by atoms with Gasteiger partial charge in [-0.25, -0.2) is 4.98 Å². The Hall–Kier alpha value is -0.360. The Labute approximate surface area is 101 Å². The largest absolute Gasteiger partial charge is 0.264 e. The molecule has 0 aliphatic carbocycles. The van der Waals surface area contributed by atoms with Gasteiger partial charge >= 0.3 is 0 Å². The zero-order chi connectivity index (χ0) is 10.1. The molecule has 0 aromatic carbocycles. The molecular weight excluding hydrogens is 312 g/mol. The van der Waals surface area contributed by atoms with Crippen LogP contribution in [0.3, 0.4) is 0 Å². The summed E-state index contributed by atoms with van der Waals surface area (Å²) in [6.45, 7) is 3.04. The van der Waals surface area contributed by atoms with Crippen molar-refractivity contribution >= 4 is 45.1 Å². The number of hydrogen-bond acceptors (Lipinski definition) is 2. The highest BCUT2D eigenvalue weighted by atomic mass is 127. The molecule has 14 heavy (non-hydrogen) atoms. The molecule has 2 rings (SSSR count). The fraction of sp³-hybridized carbons (Fsp3) is 0.333. The Morgan fingerprint density at radius 3 is 3.07 bits per heavy atom. The van der Waals surface area contributed by atoms with E-state index in [1.54, 1.807) is 6.20 Å². The molecule has 0 aliphatic rings. The van der Waals surface area contributed by atoms with Gasteiger partial charge in [-0.3, -0.25) is 4.68 Å². The van der Waals surface area contributed by atoms with Crippen molar-refractivity contribution in [2.45, 2.75) is 19.9 Å². The van der Waals surface area contributed by atoms with Gasteiger partial charge in [-0.2, -0.15) is 5.10 Å². The molecule has 0 radical (unpaired) electrons. The van der Waals surface area contributed by atoms with Crippen LogP contribution in [0.2, 0.25) is 5.15 Å². The Morgan fingerprint density at radius 2 is 2.36 bits per heavy atom. The SMILES string of the molecule is CCCn1nc(I)c2c(Cl)nccc21. The number of aromatic nitrogens is 3. The van der Waals surface area contributed by atoms with Gasteiger partial charge in [-0.15, -0.1) is 0 Å². The van der Waals surface area contributed by atoms with E-state index in [9.17, 15) is 0 Å². The van der Waals surface area contributed by atoms with Crippen molar-refractivity contribution in [1.82, 2.24) is 14.8 Å². The minimum absolute atomic E-state index is 0.536. The van der Waals surface area contributed by atoms with Gasteiger partial charge in [-0.05, 0) is 35.1 Å². The monoisotopic (exact) mass is 321 g/mol. The summed E-state index contributed by atoms with van der Waals surface area (Å²) in [6.07, 6.45) is 2.78. The molecule has 0 amide bonds. The highest BCUT2D eigenvalue weighted by Gasteiger charge is 2.11. The number of aryl methyl sites for hydroxylation is 1. The zero-order valence-corrected chi connectivity index (χ0v) is 10.6. The first-order valence-electron chi connectivity index (χ1n) is 4.40. The third-order valence-electron chi connectivity index (χ3n) is 2.01. The lowest BCUT2D eigenvalue weighted by molar-refractivity contribution is 0.618. The predicted molar refractivity (Wildman–Crippen MR) is 65.5 cm³/mol. The van der Waals surface area contributed by atoms with Gasteiger partial charge < -0.3 is 0 Å². The molecule has 2 aromatic heterocycles. The van der Waals surface area contributed by atoms with E-state index in [2.05, 4.69) is 39.6 Å². The smallest absolute Gasteiger partial charge is 0.141 e. The van der Waals surface area contributed by atoms with Crippen LogP contribution < -0.4 is 0 Å². The van der Waals surface area contributed by atoms with Gasteiger partial charge in [0.25, 0.3) is 0 Å². The summed E-state index contributed by atoms with van der Waals surface area (Å²) in [7, 11) is 0. The topological polar surface area (TPSA) is 30.7 Å². The van der Waals surface area contributed by atoms with E-state index in [1.807, 2.05) is 10.7 Å². The van der Waals surface area contributed by atoms with Crippen LogP contribution in [0.15, 0.2) is 12.3 Å². The first-order valence-corrected chi connectivity index (χ1v) is 5.86. The average Bonchev–Trinajstić information content (AvgIpc) is 2.46. The van der Waals surface area contributed by atoms with Crippen LogP contribution in [-0.4, -0.2) is 14.8 Å². The van der Waals surface area contributed by atoms with Crippen molar-refractivity contribution in [2.24, 2.45) is 0 Å². The first kappa shape index (κ1) is 10.2. The van der Waals surface area contributed by atoms with Crippen LogP contribution in [0, 0.1) is 3.70 Å². The van der Waals surface area contributed by atoms with Crippen molar-refractivity contribution in [1.29, 1.82) is 0 Å². The Kier molecular flexibility index (Phi) is 2.92. The molecule has 5 heteroatoms.